The van der Waals surface area contributed by atoms with Gasteiger partial charge in [-0.1, -0.05) is 13.2 Å². The van der Waals surface area contributed by atoms with E-state index in [4.69, 9.17) is 0 Å². The largest absolute Gasteiger partial charge is 0.317 e. The molecule has 0 rings (SSSR count). The Hall–Kier alpha value is -1.12. The van der Waals surface area contributed by atoms with Gasteiger partial charge in [0, 0.05) is 7.05 Å². The van der Waals surface area contributed by atoms with Crippen molar-refractivity contribution < 1.29 is 9.18 Å². The number of nitrogens with zero attached hydrogens (tertiary/aromatic N) is 1. The Morgan fingerprint density at radius 2 is 2.22 bits per heavy atom. The molecule has 0 aliphatic heterocycles. The summed E-state index contributed by atoms with van der Waals surface area (Å²) in [5.41, 5.74) is 0. The van der Waals surface area contributed by atoms with Gasteiger partial charge in [0.25, 0.3) is 5.91 Å². The fourth-order valence-electron chi connectivity index (χ4n) is 0.274. The third kappa shape index (κ3) is 2.08. The van der Waals surface area contributed by atoms with Crippen LogP contribution in [0.3, 0.4) is 0 Å². The molecule has 0 saturated carbocycles. The molecule has 0 aromatic rings. The number of carbonyl (C=O) groups excluding carboxylic acids is 1. The smallest absolute Gasteiger partial charge is 0.285 e. The van der Waals surface area contributed by atoms with Crippen LogP contribution in [0.5, 0.6) is 0 Å². The average molecular weight is 129 g/mol. The van der Waals surface area contributed by atoms with E-state index in [0.29, 0.717) is 0 Å². The SMILES string of the molecule is C=CN(C)C(=O)C(=C)F. The summed E-state index contributed by atoms with van der Waals surface area (Å²) >= 11 is 0. The van der Waals surface area contributed by atoms with E-state index in [-0.39, 0.29) is 0 Å². The molecule has 0 aromatic carbocycles. The molecule has 1 amide bonds. The summed E-state index contributed by atoms with van der Waals surface area (Å²) in [5, 5.41) is 0. The second kappa shape index (κ2) is 3.02. The molecule has 0 heterocycles. The van der Waals surface area contributed by atoms with E-state index in [1.807, 2.05) is 0 Å². The Balaban J connectivity index is 4.03. The molecule has 0 atom stereocenters. The molecule has 0 saturated heterocycles. The highest BCUT2D eigenvalue weighted by Gasteiger charge is 2.07. The van der Waals surface area contributed by atoms with Crippen LogP contribution in [-0.2, 0) is 4.79 Å². The molecule has 0 aliphatic rings. The van der Waals surface area contributed by atoms with Gasteiger partial charge in [0.15, 0.2) is 5.83 Å². The third-order valence-electron chi connectivity index (χ3n) is 0.826. The lowest BCUT2D eigenvalue weighted by atomic mass is 10.5. The lowest BCUT2D eigenvalue weighted by molar-refractivity contribution is -0.125. The fraction of sp³-hybridized carbons (Fsp3) is 0.167. The molecule has 50 valence electrons. The van der Waals surface area contributed by atoms with E-state index < -0.39 is 11.7 Å². The zero-order valence-electron chi connectivity index (χ0n) is 5.22. The highest BCUT2D eigenvalue weighted by molar-refractivity contribution is 5.90. The van der Waals surface area contributed by atoms with Crippen molar-refractivity contribution in [1.29, 1.82) is 0 Å². The second-order valence-electron chi connectivity index (χ2n) is 1.50. The number of likely N-dealkylation sites (N-methyl/N-ethyl adjacent to an activating group) is 1. The van der Waals surface area contributed by atoms with Crippen LogP contribution >= 0.6 is 0 Å². The summed E-state index contributed by atoms with van der Waals surface area (Å²) in [6.07, 6.45) is 1.22. The molecular weight excluding hydrogens is 121 g/mol. The highest BCUT2D eigenvalue weighted by atomic mass is 19.1. The van der Waals surface area contributed by atoms with Crippen molar-refractivity contribution in [3.63, 3.8) is 0 Å². The third-order valence-corrected chi connectivity index (χ3v) is 0.826. The van der Waals surface area contributed by atoms with Crippen LogP contribution in [0.15, 0.2) is 25.2 Å². The van der Waals surface area contributed by atoms with Gasteiger partial charge in [-0.05, 0) is 6.20 Å². The van der Waals surface area contributed by atoms with Gasteiger partial charge in [0.05, 0.1) is 0 Å². The molecule has 0 aromatic heterocycles. The second-order valence-corrected chi connectivity index (χ2v) is 1.50. The van der Waals surface area contributed by atoms with Crippen LogP contribution in [0.1, 0.15) is 0 Å². The summed E-state index contributed by atoms with van der Waals surface area (Å²) in [4.78, 5) is 11.5. The summed E-state index contributed by atoms with van der Waals surface area (Å²) in [6, 6.07) is 0. The first-order valence-corrected chi connectivity index (χ1v) is 2.33. The maximum Gasteiger partial charge on any atom is 0.285 e. The maximum absolute atomic E-state index is 11.9. The van der Waals surface area contributed by atoms with Crippen molar-refractivity contribution in [2.45, 2.75) is 0 Å². The van der Waals surface area contributed by atoms with E-state index in [1.165, 1.54) is 13.2 Å². The molecule has 0 fully saturated rings. The molecule has 0 radical (unpaired) electrons. The van der Waals surface area contributed by atoms with E-state index in [2.05, 4.69) is 13.2 Å². The molecule has 0 bridgehead atoms. The van der Waals surface area contributed by atoms with Gasteiger partial charge in [0.1, 0.15) is 0 Å². The lowest BCUT2D eigenvalue weighted by Crippen LogP contribution is -2.19. The first-order chi connectivity index (χ1) is 4.09. The summed E-state index contributed by atoms with van der Waals surface area (Å²) in [6.45, 7) is 6.08. The number of rotatable bonds is 2. The number of hydrogen-bond donors (Lipinski definition) is 0. The molecule has 0 aliphatic carbocycles. The van der Waals surface area contributed by atoms with E-state index in [0.717, 1.165) is 4.90 Å². The van der Waals surface area contributed by atoms with Gasteiger partial charge in [-0.25, -0.2) is 4.39 Å². The summed E-state index contributed by atoms with van der Waals surface area (Å²) in [5.74, 6) is -1.73. The maximum atomic E-state index is 11.9. The number of carbonyl (C=O) groups is 1. The lowest BCUT2D eigenvalue weighted by Gasteiger charge is -2.07. The predicted molar refractivity (Wildman–Crippen MR) is 33.2 cm³/mol. The van der Waals surface area contributed by atoms with Crippen LogP contribution in [0.4, 0.5) is 4.39 Å². The quantitative estimate of drug-likeness (QED) is 0.511. The minimum atomic E-state index is -0.975. The molecule has 0 N–H and O–H groups in total. The van der Waals surface area contributed by atoms with Crippen LogP contribution in [0.25, 0.3) is 0 Å². The Kier molecular flexibility index (Phi) is 2.64. The van der Waals surface area contributed by atoms with Crippen LogP contribution in [-0.4, -0.2) is 17.9 Å². The number of amides is 1. The Bertz CT molecular complexity index is 153. The van der Waals surface area contributed by atoms with Crippen LogP contribution in [0, 0.1) is 0 Å². The monoisotopic (exact) mass is 129 g/mol. The minimum absolute atomic E-state index is 0.759. The fourth-order valence-corrected chi connectivity index (χ4v) is 0.274. The first-order valence-electron chi connectivity index (χ1n) is 2.33. The molecule has 2 nitrogen and oxygen atoms in total. The molecular formula is C6H8FNO. The van der Waals surface area contributed by atoms with Gasteiger partial charge in [-0.2, -0.15) is 0 Å². The van der Waals surface area contributed by atoms with Gasteiger partial charge in [-0.15, -0.1) is 0 Å². The van der Waals surface area contributed by atoms with E-state index >= 15 is 0 Å². The number of halogens is 1. The minimum Gasteiger partial charge on any atom is -0.317 e. The van der Waals surface area contributed by atoms with Crippen molar-refractivity contribution in [2.75, 3.05) is 7.05 Å². The first kappa shape index (κ1) is 7.88. The predicted octanol–water partition coefficient (Wildman–Crippen LogP) is 1.07. The van der Waals surface area contributed by atoms with Gasteiger partial charge < -0.3 is 4.90 Å². The van der Waals surface area contributed by atoms with Crippen molar-refractivity contribution in [1.82, 2.24) is 4.90 Å². The number of hydrogen-bond acceptors (Lipinski definition) is 1. The van der Waals surface area contributed by atoms with Crippen LogP contribution in [0.2, 0.25) is 0 Å². The summed E-state index contributed by atoms with van der Waals surface area (Å²) in [7, 11) is 1.40. The Morgan fingerprint density at radius 3 is 2.33 bits per heavy atom. The summed E-state index contributed by atoms with van der Waals surface area (Å²) < 4.78 is 11.9. The normalized spacial score (nSPS) is 8.22. The topological polar surface area (TPSA) is 20.3 Å². The average Bonchev–Trinajstić information content (AvgIpc) is 1.84. The van der Waals surface area contributed by atoms with Crippen molar-refractivity contribution in [3.05, 3.63) is 25.2 Å². The molecule has 9 heavy (non-hydrogen) atoms. The molecule has 3 heteroatoms. The van der Waals surface area contributed by atoms with Crippen molar-refractivity contribution in [3.8, 4) is 0 Å². The zero-order valence-corrected chi connectivity index (χ0v) is 5.22. The molecule has 0 unspecified atom stereocenters. The highest BCUT2D eigenvalue weighted by Crippen LogP contribution is 1.96. The van der Waals surface area contributed by atoms with Crippen LogP contribution < -0.4 is 0 Å². The molecule has 0 spiro atoms. The van der Waals surface area contributed by atoms with Crippen molar-refractivity contribution >= 4 is 5.91 Å². The van der Waals surface area contributed by atoms with E-state index in [1.54, 1.807) is 0 Å². The standard InChI is InChI=1S/C6H8FNO/c1-4-8(3)6(9)5(2)7/h4H,1-2H2,3H3. The van der Waals surface area contributed by atoms with E-state index in [9.17, 15) is 9.18 Å². The zero-order chi connectivity index (χ0) is 7.44. The van der Waals surface area contributed by atoms with Gasteiger partial charge >= 0.3 is 0 Å². The van der Waals surface area contributed by atoms with Crippen molar-refractivity contribution in [2.24, 2.45) is 0 Å². The Morgan fingerprint density at radius 1 is 1.78 bits per heavy atom. The van der Waals surface area contributed by atoms with Gasteiger partial charge in [-0.3, -0.25) is 4.79 Å². The van der Waals surface area contributed by atoms with Gasteiger partial charge in [0.2, 0.25) is 0 Å². The Labute approximate surface area is 53.3 Å².